The van der Waals surface area contributed by atoms with Gasteiger partial charge in [-0.2, -0.15) is 25.3 Å². The van der Waals surface area contributed by atoms with Crippen LogP contribution in [0.25, 0.3) is 0 Å². The van der Waals surface area contributed by atoms with Crippen LogP contribution >= 0.6 is 0 Å². The fraction of sp³-hybridized carbons (Fsp3) is 0.333. The van der Waals surface area contributed by atoms with Crippen molar-refractivity contribution in [3.8, 4) is 17.2 Å². The molecule has 0 bridgehead atoms. The second-order valence-electron chi connectivity index (χ2n) is 4.90. The van der Waals surface area contributed by atoms with Gasteiger partial charge in [0.25, 0.3) is 22.0 Å². The van der Waals surface area contributed by atoms with E-state index in [2.05, 4.69) is 12.5 Å². The van der Waals surface area contributed by atoms with Gasteiger partial charge in [-0.05, 0) is 31.8 Å². The van der Waals surface area contributed by atoms with Crippen molar-refractivity contribution in [3.63, 3.8) is 0 Å². The lowest BCUT2D eigenvalue weighted by molar-refractivity contribution is 0.381. The molecule has 1 rings (SSSR count). The summed E-state index contributed by atoms with van der Waals surface area (Å²) in [6, 6.07) is 3.28. The van der Waals surface area contributed by atoms with Gasteiger partial charge in [0.15, 0.2) is 11.5 Å². The molecular formula is C9H14O10S3Si. The smallest absolute Gasteiger partial charge is 0.380 e. The van der Waals surface area contributed by atoms with Crippen LogP contribution < -0.4 is 12.5 Å². The Bertz CT molecular complexity index is 802. The van der Waals surface area contributed by atoms with Gasteiger partial charge in [0.2, 0.25) is 14.1 Å². The zero-order chi connectivity index (χ0) is 17.8. The molecule has 0 aliphatic rings. The van der Waals surface area contributed by atoms with Crippen molar-refractivity contribution in [3.05, 3.63) is 18.2 Å². The van der Waals surface area contributed by atoms with Gasteiger partial charge >= 0.3 is 10.4 Å². The van der Waals surface area contributed by atoms with Gasteiger partial charge < -0.3 is 12.5 Å². The molecule has 10 nitrogen and oxygen atoms in total. The summed E-state index contributed by atoms with van der Waals surface area (Å²) in [6.07, 6.45) is 0. The Kier molecular flexibility index (Phi) is 6.40. The summed E-state index contributed by atoms with van der Waals surface area (Å²) in [5.74, 6) is -1.89. The standard InChI is InChI=1S/C9H14O10S3Si/c1-23(2,3)19-22(14,15)18-8-6-4-5-7(16-20(10)11)9(8)17-21(12)13/h4-6,20-21H,1-3H3. The monoisotopic (exact) mass is 406 g/mol. The van der Waals surface area contributed by atoms with Crippen LogP contribution in [-0.2, 0) is 36.2 Å². The number of benzene rings is 1. The molecule has 0 aromatic heterocycles. The molecule has 0 spiro atoms. The fourth-order valence-electron chi connectivity index (χ4n) is 1.31. The van der Waals surface area contributed by atoms with Crippen LogP contribution in [0.5, 0.6) is 17.2 Å². The quantitative estimate of drug-likeness (QED) is 0.447. The highest BCUT2D eigenvalue weighted by atomic mass is 32.3. The molecule has 0 saturated carbocycles. The van der Waals surface area contributed by atoms with Crippen LogP contribution in [0.15, 0.2) is 18.2 Å². The Morgan fingerprint density at radius 2 is 1.43 bits per heavy atom. The minimum atomic E-state index is -4.52. The molecule has 0 N–H and O–H groups in total. The Morgan fingerprint density at radius 1 is 0.913 bits per heavy atom. The number of hydrogen-bond donors (Lipinski definition) is 2. The Balaban J connectivity index is 3.29. The van der Waals surface area contributed by atoms with E-state index in [1.807, 2.05) is 0 Å². The highest BCUT2D eigenvalue weighted by molar-refractivity contribution is 7.83. The molecule has 14 heteroatoms. The van der Waals surface area contributed by atoms with Crippen molar-refractivity contribution in [1.82, 2.24) is 0 Å². The van der Waals surface area contributed by atoms with Gasteiger partial charge in [-0.25, -0.2) is 0 Å². The maximum atomic E-state index is 11.8. The number of thiol groups is 2. The van der Waals surface area contributed by atoms with Crippen molar-refractivity contribution >= 4 is 40.7 Å². The zero-order valence-corrected chi connectivity index (χ0v) is 15.7. The average Bonchev–Trinajstić information content (AvgIpc) is 2.28. The third-order valence-corrected chi connectivity index (χ3v) is 5.70. The minimum Gasteiger partial charge on any atom is -0.380 e. The summed E-state index contributed by atoms with van der Waals surface area (Å²) in [5, 5.41) is 0. The Hall–Kier alpha value is -1.35. The lowest BCUT2D eigenvalue weighted by Gasteiger charge is -2.17. The predicted octanol–water partition coefficient (Wildman–Crippen LogP) is -0.0279. The third kappa shape index (κ3) is 7.17. The zero-order valence-electron chi connectivity index (χ0n) is 12.1. The molecule has 0 fully saturated rings. The van der Waals surface area contributed by atoms with Crippen LogP contribution in [-0.4, -0.2) is 33.6 Å². The van der Waals surface area contributed by atoms with E-state index in [-0.39, 0.29) is 0 Å². The second-order valence-corrected chi connectivity index (χ2v) is 12.0. The molecule has 1 aromatic rings. The minimum absolute atomic E-state index is 0.555. The topological polar surface area (TPSA) is 139 Å². The number of rotatable bonds is 8. The summed E-state index contributed by atoms with van der Waals surface area (Å²) in [7, 11) is -13.9. The SMILES string of the molecule is C[Si](C)(C)OS(=O)(=O)Oc1cccc(O[SH](=O)=O)c1O[SH](=O)=O. The van der Waals surface area contributed by atoms with E-state index in [1.54, 1.807) is 19.6 Å². The molecule has 0 saturated heterocycles. The summed E-state index contributed by atoms with van der Waals surface area (Å²) in [6.45, 7) is 4.75. The molecule has 132 valence electrons. The molecule has 23 heavy (non-hydrogen) atoms. The molecule has 1 aromatic carbocycles. The fourth-order valence-corrected chi connectivity index (χ4v) is 4.88. The molecule has 0 radical (unpaired) electrons. The molecule has 0 heterocycles. The van der Waals surface area contributed by atoms with Gasteiger partial charge in [0.05, 0.1) is 0 Å². The summed E-state index contributed by atoms with van der Waals surface area (Å²) >= 11 is 0. The van der Waals surface area contributed by atoms with Crippen molar-refractivity contribution in [2.75, 3.05) is 0 Å². The summed E-state index contributed by atoms with van der Waals surface area (Å²) < 4.78 is 84.5. The van der Waals surface area contributed by atoms with E-state index in [9.17, 15) is 25.3 Å². The van der Waals surface area contributed by atoms with Gasteiger partial charge in [-0.3, -0.25) is 3.87 Å². The van der Waals surface area contributed by atoms with Gasteiger partial charge in [0.1, 0.15) is 0 Å². The van der Waals surface area contributed by atoms with E-state index >= 15 is 0 Å². The first-order valence-electron chi connectivity index (χ1n) is 5.82. The maximum Gasteiger partial charge on any atom is 0.439 e. The highest BCUT2D eigenvalue weighted by Crippen LogP contribution is 2.38. The Morgan fingerprint density at radius 3 is 1.91 bits per heavy atom. The van der Waals surface area contributed by atoms with Crippen molar-refractivity contribution in [2.24, 2.45) is 0 Å². The van der Waals surface area contributed by atoms with E-state index < -0.39 is 57.9 Å². The van der Waals surface area contributed by atoms with Crippen LogP contribution in [0, 0.1) is 0 Å². The van der Waals surface area contributed by atoms with Crippen molar-refractivity contribution in [2.45, 2.75) is 19.6 Å². The molecule has 0 aliphatic carbocycles. The van der Waals surface area contributed by atoms with Crippen molar-refractivity contribution in [1.29, 1.82) is 0 Å². The second kappa shape index (κ2) is 7.48. The maximum absolute atomic E-state index is 11.8. The summed E-state index contributed by atoms with van der Waals surface area (Å²) in [4.78, 5) is 0. The predicted molar refractivity (Wildman–Crippen MR) is 82.3 cm³/mol. The number of para-hydroxylation sites is 1. The van der Waals surface area contributed by atoms with Crippen LogP contribution in [0.3, 0.4) is 0 Å². The van der Waals surface area contributed by atoms with Crippen LogP contribution in [0.4, 0.5) is 0 Å². The largest absolute Gasteiger partial charge is 0.439 e. The average molecular weight is 406 g/mol. The lowest BCUT2D eigenvalue weighted by atomic mass is 10.3. The first-order chi connectivity index (χ1) is 10.4. The molecule has 0 unspecified atom stereocenters. The van der Waals surface area contributed by atoms with E-state index in [1.165, 1.54) is 6.07 Å². The number of hydrogen-bond acceptors (Lipinski definition) is 10. The van der Waals surface area contributed by atoms with E-state index in [0.717, 1.165) is 12.1 Å². The van der Waals surface area contributed by atoms with E-state index in [0.29, 0.717) is 0 Å². The third-order valence-electron chi connectivity index (χ3n) is 1.83. The molecule has 0 atom stereocenters. The van der Waals surface area contributed by atoms with Gasteiger partial charge in [0, 0.05) is 0 Å². The Labute approximate surface area is 137 Å². The van der Waals surface area contributed by atoms with E-state index in [4.69, 9.17) is 3.87 Å². The van der Waals surface area contributed by atoms with Gasteiger partial charge in [-0.1, -0.05) is 6.07 Å². The first-order valence-corrected chi connectivity index (χ1v) is 12.8. The van der Waals surface area contributed by atoms with Crippen LogP contribution in [0.2, 0.25) is 19.6 Å². The van der Waals surface area contributed by atoms with Crippen molar-refractivity contribution < 1.29 is 41.7 Å². The van der Waals surface area contributed by atoms with Crippen LogP contribution in [0.1, 0.15) is 0 Å². The molecule has 0 aliphatic heterocycles. The molecular weight excluding hydrogens is 392 g/mol. The van der Waals surface area contributed by atoms with Gasteiger partial charge in [-0.15, -0.1) is 0 Å². The molecule has 0 amide bonds. The first kappa shape index (κ1) is 19.7. The lowest BCUT2D eigenvalue weighted by Crippen LogP contribution is -2.31. The highest BCUT2D eigenvalue weighted by Gasteiger charge is 2.28. The summed E-state index contributed by atoms with van der Waals surface area (Å²) in [5.41, 5.74) is 0. The normalized spacial score (nSPS) is 12.4.